The lowest BCUT2D eigenvalue weighted by Gasteiger charge is -1.98. The number of rotatable bonds is 4. The van der Waals surface area contributed by atoms with Gasteiger partial charge in [0.15, 0.2) is 0 Å². The summed E-state index contributed by atoms with van der Waals surface area (Å²) in [6, 6.07) is 2.14. The highest BCUT2D eigenvalue weighted by Gasteiger charge is 2.01. The highest BCUT2D eigenvalue weighted by atomic mass is 15.1. The predicted octanol–water partition coefficient (Wildman–Crippen LogP) is 2.06. The average Bonchev–Trinajstić information content (AvgIpc) is 2.44. The second kappa shape index (κ2) is 4.66. The van der Waals surface area contributed by atoms with Crippen molar-refractivity contribution in [2.24, 2.45) is 0 Å². The van der Waals surface area contributed by atoms with Crippen LogP contribution in [-0.4, -0.2) is 9.55 Å². The molecule has 0 N–H and O–H groups in total. The third-order valence-corrected chi connectivity index (χ3v) is 2.00. The lowest BCUT2D eigenvalue weighted by Crippen LogP contribution is -1.97. The average molecular weight is 177 g/mol. The number of aromatic nitrogens is 2. The van der Waals surface area contributed by atoms with Crippen LogP contribution in [0.1, 0.15) is 31.3 Å². The first-order valence-corrected chi connectivity index (χ1v) is 4.67. The van der Waals surface area contributed by atoms with E-state index < -0.39 is 0 Å². The van der Waals surface area contributed by atoms with E-state index in [1.54, 1.807) is 0 Å². The van der Waals surface area contributed by atoms with Gasteiger partial charge in [-0.3, -0.25) is 0 Å². The Balaban J connectivity index is 2.67. The van der Waals surface area contributed by atoms with Crippen molar-refractivity contribution < 1.29 is 0 Å². The van der Waals surface area contributed by atoms with Crippen LogP contribution in [0.4, 0.5) is 0 Å². The topological polar surface area (TPSA) is 41.6 Å². The molecule has 13 heavy (non-hydrogen) atoms. The van der Waals surface area contributed by atoms with Gasteiger partial charge in [0.05, 0.1) is 18.2 Å². The monoisotopic (exact) mass is 177 g/mol. The first kappa shape index (κ1) is 9.79. The number of hydrogen-bond donors (Lipinski definition) is 0. The summed E-state index contributed by atoms with van der Waals surface area (Å²) in [6.45, 7) is 4.89. The van der Waals surface area contributed by atoms with Crippen molar-refractivity contribution in [1.82, 2.24) is 9.55 Å². The molecule has 0 saturated carbocycles. The summed E-state index contributed by atoms with van der Waals surface area (Å²) in [5, 5.41) is 8.44. The second-order valence-corrected chi connectivity index (χ2v) is 3.13. The fourth-order valence-corrected chi connectivity index (χ4v) is 1.35. The van der Waals surface area contributed by atoms with Crippen LogP contribution >= 0.6 is 0 Å². The smallest absolute Gasteiger partial charge is 0.105 e. The molecular formula is C10H15N3. The fraction of sp³-hybridized carbons (Fsp3) is 0.600. The minimum absolute atomic E-state index is 0.558. The van der Waals surface area contributed by atoms with Crippen LogP contribution in [0.3, 0.4) is 0 Å². The van der Waals surface area contributed by atoms with Crippen LogP contribution < -0.4 is 0 Å². The van der Waals surface area contributed by atoms with E-state index in [4.69, 9.17) is 5.26 Å². The molecule has 0 atom stereocenters. The van der Waals surface area contributed by atoms with E-state index in [1.807, 2.05) is 11.5 Å². The first-order chi connectivity index (χ1) is 6.27. The largest absolute Gasteiger partial charge is 0.334 e. The van der Waals surface area contributed by atoms with Crippen LogP contribution in [0.2, 0.25) is 0 Å². The van der Waals surface area contributed by atoms with Crippen molar-refractivity contribution in [3.63, 3.8) is 0 Å². The number of hydrogen-bond acceptors (Lipinski definition) is 2. The van der Waals surface area contributed by atoms with E-state index in [0.29, 0.717) is 6.42 Å². The molecule has 1 heterocycles. The van der Waals surface area contributed by atoms with Gasteiger partial charge < -0.3 is 4.57 Å². The summed E-state index contributed by atoms with van der Waals surface area (Å²) < 4.78 is 2.05. The molecule has 0 bridgehead atoms. The lowest BCUT2D eigenvalue weighted by atomic mass is 10.3. The van der Waals surface area contributed by atoms with Gasteiger partial charge in [-0.15, -0.1) is 0 Å². The molecule has 3 heteroatoms. The zero-order valence-corrected chi connectivity index (χ0v) is 8.25. The lowest BCUT2D eigenvalue weighted by molar-refractivity contribution is 0.689. The highest BCUT2D eigenvalue weighted by molar-refractivity contribution is 5.03. The van der Waals surface area contributed by atoms with E-state index >= 15 is 0 Å². The summed E-state index contributed by atoms with van der Waals surface area (Å²) in [5.41, 5.74) is 1.14. The Morgan fingerprint density at radius 1 is 1.62 bits per heavy atom. The maximum atomic E-state index is 8.44. The Morgan fingerprint density at radius 3 is 3.00 bits per heavy atom. The summed E-state index contributed by atoms with van der Waals surface area (Å²) in [7, 11) is 0. The highest BCUT2D eigenvalue weighted by Crippen LogP contribution is 2.05. The molecule has 70 valence electrons. The van der Waals surface area contributed by atoms with Gasteiger partial charge in [-0.25, -0.2) is 4.98 Å². The molecule has 0 aromatic carbocycles. The Morgan fingerprint density at radius 2 is 2.38 bits per heavy atom. The zero-order valence-electron chi connectivity index (χ0n) is 8.25. The SMILES string of the molecule is CCCc1cn(CCC#N)c(C)n1. The Kier molecular flexibility index (Phi) is 3.51. The van der Waals surface area contributed by atoms with Crippen molar-refractivity contribution in [3.05, 3.63) is 17.7 Å². The van der Waals surface area contributed by atoms with Crippen molar-refractivity contribution in [1.29, 1.82) is 5.26 Å². The Bertz CT molecular complexity index is 306. The van der Waals surface area contributed by atoms with E-state index in [1.165, 1.54) is 0 Å². The third kappa shape index (κ3) is 2.59. The van der Waals surface area contributed by atoms with E-state index in [-0.39, 0.29) is 0 Å². The van der Waals surface area contributed by atoms with Gasteiger partial charge in [0.25, 0.3) is 0 Å². The minimum Gasteiger partial charge on any atom is -0.334 e. The number of aryl methyl sites for hydroxylation is 3. The van der Waals surface area contributed by atoms with Gasteiger partial charge >= 0.3 is 0 Å². The van der Waals surface area contributed by atoms with Gasteiger partial charge in [0, 0.05) is 12.7 Å². The Labute approximate surface area is 79.0 Å². The second-order valence-electron chi connectivity index (χ2n) is 3.13. The van der Waals surface area contributed by atoms with Gasteiger partial charge in [-0.05, 0) is 13.3 Å². The standard InChI is InChI=1S/C10H15N3/c1-3-5-10-8-13(7-4-6-11)9(2)12-10/h8H,3-5,7H2,1-2H3. The van der Waals surface area contributed by atoms with E-state index in [2.05, 4.69) is 24.2 Å². The predicted molar refractivity (Wildman–Crippen MR) is 51.2 cm³/mol. The molecule has 0 aliphatic carbocycles. The molecule has 0 aliphatic rings. The van der Waals surface area contributed by atoms with E-state index in [0.717, 1.165) is 30.9 Å². The summed E-state index contributed by atoms with van der Waals surface area (Å²) in [6.07, 6.45) is 4.76. The van der Waals surface area contributed by atoms with Crippen LogP contribution in [0.5, 0.6) is 0 Å². The number of nitrogens with zero attached hydrogens (tertiary/aromatic N) is 3. The normalized spacial score (nSPS) is 9.92. The van der Waals surface area contributed by atoms with E-state index in [9.17, 15) is 0 Å². The van der Waals surface area contributed by atoms with Crippen LogP contribution in [0, 0.1) is 18.3 Å². The molecule has 0 fully saturated rings. The quantitative estimate of drug-likeness (QED) is 0.706. The van der Waals surface area contributed by atoms with Gasteiger partial charge in [0.2, 0.25) is 0 Å². The fourth-order valence-electron chi connectivity index (χ4n) is 1.35. The molecule has 0 unspecified atom stereocenters. The maximum absolute atomic E-state index is 8.44. The summed E-state index contributed by atoms with van der Waals surface area (Å²) in [4.78, 5) is 4.41. The molecule has 1 aromatic heterocycles. The summed E-state index contributed by atoms with van der Waals surface area (Å²) >= 11 is 0. The molecule has 1 aromatic rings. The molecule has 0 saturated heterocycles. The minimum atomic E-state index is 0.558. The van der Waals surface area contributed by atoms with Crippen LogP contribution in [-0.2, 0) is 13.0 Å². The Hall–Kier alpha value is -1.30. The molecule has 0 amide bonds. The molecule has 3 nitrogen and oxygen atoms in total. The van der Waals surface area contributed by atoms with Crippen molar-refractivity contribution in [2.45, 2.75) is 39.7 Å². The van der Waals surface area contributed by atoms with Gasteiger partial charge in [-0.1, -0.05) is 13.3 Å². The summed E-state index contributed by atoms with van der Waals surface area (Å²) in [5.74, 6) is 1.01. The zero-order chi connectivity index (χ0) is 9.68. The van der Waals surface area contributed by atoms with Crippen molar-refractivity contribution >= 4 is 0 Å². The van der Waals surface area contributed by atoms with Gasteiger partial charge in [0.1, 0.15) is 5.82 Å². The molecular weight excluding hydrogens is 162 g/mol. The van der Waals surface area contributed by atoms with Crippen molar-refractivity contribution in [3.8, 4) is 6.07 Å². The molecule has 0 spiro atoms. The van der Waals surface area contributed by atoms with Crippen LogP contribution in [0.25, 0.3) is 0 Å². The van der Waals surface area contributed by atoms with Gasteiger partial charge in [-0.2, -0.15) is 5.26 Å². The van der Waals surface area contributed by atoms with Crippen molar-refractivity contribution in [2.75, 3.05) is 0 Å². The molecule has 1 rings (SSSR count). The number of nitriles is 1. The maximum Gasteiger partial charge on any atom is 0.105 e. The third-order valence-electron chi connectivity index (χ3n) is 2.00. The molecule has 0 radical (unpaired) electrons. The number of imidazole rings is 1. The first-order valence-electron chi connectivity index (χ1n) is 4.67. The molecule has 0 aliphatic heterocycles. The van der Waals surface area contributed by atoms with Crippen LogP contribution in [0.15, 0.2) is 6.20 Å².